The second-order valence-electron chi connectivity index (χ2n) is 6.90. The minimum absolute atomic E-state index is 0.0125. The molecule has 1 atom stereocenters. The van der Waals surface area contributed by atoms with Gasteiger partial charge in [-0.3, -0.25) is 9.59 Å². The number of carbonyl (C=O) groups is 2. The molecule has 2 aromatic rings. The maximum atomic E-state index is 12.8. The summed E-state index contributed by atoms with van der Waals surface area (Å²) in [7, 11) is 3.73. The smallest absolute Gasteiger partial charge is 0.295 e. The summed E-state index contributed by atoms with van der Waals surface area (Å²) < 4.78 is 0. The molecular weight excluding hydrogens is 380 g/mol. The lowest BCUT2D eigenvalue weighted by atomic mass is 9.95. The van der Waals surface area contributed by atoms with Gasteiger partial charge >= 0.3 is 0 Å². The highest BCUT2D eigenvalue weighted by Crippen LogP contribution is 2.40. The van der Waals surface area contributed by atoms with Gasteiger partial charge in [-0.1, -0.05) is 35.9 Å². The van der Waals surface area contributed by atoms with E-state index in [2.05, 4.69) is 0 Å². The summed E-state index contributed by atoms with van der Waals surface area (Å²) in [5.74, 6) is -1.72. The molecule has 2 aromatic carbocycles. The van der Waals surface area contributed by atoms with Crippen LogP contribution >= 0.6 is 11.6 Å². The van der Waals surface area contributed by atoms with Gasteiger partial charge in [-0.05, 0) is 43.9 Å². The summed E-state index contributed by atoms with van der Waals surface area (Å²) in [5.41, 5.74) is 0.876. The molecule has 28 heavy (non-hydrogen) atoms. The maximum absolute atomic E-state index is 12.8. The Morgan fingerprint density at radius 2 is 1.86 bits per heavy atom. The minimum Gasteiger partial charge on any atom is -0.508 e. The van der Waals surface area contributed by atoms with E-state index in [9.17, 15) is 19.8 Å². The largest absolute Gasteiger partial charge is 0.508 e. The quantitative estimate of drug-likeness (QED) is 0.458. The monoisotopic (exact) mass is 400 g/mol. The zero-order chi connectivity index (χ0) is 20.4. The van der Waals surface area contributed by atoms with Crippen LogP contribution in [0.25, 0.3) is 5.76 Å². The first-order valence-corrected chi connectivity index (χ1v) is 9.15. The van der Waals surface area contributed by atoms with Gasteiger partial charge in [0.2, 0.25) is 0 Å². The molecule has 1 aliphatic heterocycles. The molecule has 1 aliphatic rings. The summed E-state index contributed by atoms with van der Waals surface area (Å²) in [6.07, 6.45) is 0. The summed E-state index contributed by atoms with van der Waals surface area (Å²) in [4.78, 5) is 28.9. The van der Waals surface area contributed by atoms with Crippen molar-refractivity contribution >= 4 is 29.1 Å². The van der Waals surface area contributed by atoms with Crippen LogP contribution in [0.4, 0.5) is 0 Å². The molecule has 1 heterocycles. The first-order valence-electron chi connectivity index (χ1n) is 8.77. The molecule has 1 fully saturated rings. The van der Waals surface area contributed by atoms with Crippen LogP contribution in [-0.2, 0) is 9.59 Å². The van der Waals surface area contributed by atoms with Gasteiger partial charge in [-0.25, -0.2) is 0 Å². The Balaban J connectivity index is 2.16. The number of amides is 1. The van der Waals surface area contributed by atoms with Gasteiger partial charge in [0.25, 0.3) is 11.7 Å². The zero-order valence-electron chi connectivity index (χ0n) is 15.6. The maximum Gasteiger partial charge on any atom is 0.295 e. The SMILES string of the molecule is CN(C)CCN1C(=O)C(=O)/C(=C(\O)c2cccc(Cl)c2)C1c1cccc(O)c1. The van der Waals surface area contributed by atoms with Crippen LogP contribution in [0.2, 0.25) is 5.02 Å². The van der Waals surface area contributed by atoms with E-state index in [0.717, 1.165) is 0 Å². The van der Waals surface area contributed by atoms with Crippen LogP contribution in [0.15, 0.2) is 54.1 Å². The zero-order valence-corrected chi connectivity index (χ0v) is 16.3. The average Bonchev–Trinajstić information content (AvgIpc) is 2.90. The molecule has 7 heteroatoms. The second-order valence-corrected chi connectivity index (χ2v) is 7.34. The van der Waals surface area contributed by atoms with Crippen molar-refractivity contribution in [1.82, 2.24) is 9.80 Å². The number of likely N-dealkylation sites (tertiary alicyclic amines) is 1. The predicted octanol–water partition coefficient (Wildman–Crippen LogP) is 3.03. The molecule has 0 radical (unpaired) electrons. The van der Waals surface area contributed by atoms with Crippen molar-refractivity contribution in [1.29, 1.82) is 0 Å². The number of phenols is 1. The summed E-state index contributed by atoms with van der Waals surface area (Å²) in [5, 5.41) is 21.2. The number of likely N-dealkylation sites (N-methyl/N-ethyl adjacent to an activating group) is 1. The fourth-order valence-corrected chi connectivity index (χ4v) is 3.44. The molecule has 0 aromatic heterocycles. The standard InChI is InChI=1S/C21H21ClN2O4/c1-23(2)9-10-24-18(13-5-4-8-16(25)12-13)17(20(27)21(24)28)19(26)14-6-3-7-15(22)11-14/h3-8,11-12,18,25-26H,9-10H2,1-2H3/b19-17-. The van der Waals surface area contributed by atoms with Gasteiger partial charge in [0, 0.05) is 23.7 Å². The number of hydrogen-bond donors (Lipinski definition) is 2. The number of halogens is 1. The molecule has 6 nitrogen and oxygen atoms in total. The Kier molecular flexibility index (Phi) is 5.72. The van der Waals surface area contributed by atoms with E-state index in [-0.39, 0.29) is 17.1 Å². The number of ketones is 1. The highest BCUT2D eigenvalue weighted by molar-refractivity contribution is 6.46. The van der Waals surface area contributed by atoms with Gasteiger partial charge in [-0.15, -0.1) is 0 Å². The molecule has 3 rings (SSSR count). The molecule has 146 valence electrons. The van der Waals surface area contributed by atoms with Crippen molar-refractivity contribution in [2.45, 2.75) is 6.04 Å². The van der Waals surface area contributed by atoms with Crippen molar-refractivity contribution in [3.8, 4) is 5.75 Å². The van der Waals surface area contributed by atoms with Gasteiger partial charge in [0.15, 0.2) is 0 Å². The number of nitrogens with zero attached hydrogens (tertiary/aromatic N) is 2. The average molecular weight is 401 g/mol. The molecule has 0 spiro atoms. The van der Waals surface area contributed by atoms with E-state index in [1.165, 1.54) is 23.1 Å². The van der Waals surface area contributed by atoms with Gasteiger partial charge < -0.3 is 20.0 Å². The summed E-state index contributed by atoms with van der Waals surface area (Å²) >= 11 is 6.01. The lowest BCUT2D eigenvalue weighted by Gasteiger charge is -2.26. The molecule has 1 amide bonds. The number of benzene rings is 2. The van der Waals surface area contributed by atoms with Gasteiger partial charge in [-0.2, -0.15) is 0 Å². The molecule has 2 N–H and O–H groups in total. The lowest BCUT2D eigenvalue weighted by Crippen LogP contribution is -2.35. The fourth-order valence-electron chi connectivity index (χ4n) is 3.25. The van der Waals surface area contributed by atoms with Crippen LogP contribution in [0.5, 0.6) is 5.75 Å². The van der Waals surface area contributed by atoms with E-state index >= 15 is 0 Å². The highest BCUT2D eigenvalue weighted by atomic mass is 35.5. The third kappa shape index (κ3) is 3.88. The fraction of sp³-hybridized carbons (Fsp3) is 0.238. The third-order valence-electron chi connectivity index (χ3n) is 4.61. The molecule has 0 bridgehead atoms. The number of Topliss-reactive ketones (excluding diaryl/α,β-unsaturated/α-hetero) is 1. The molecule has 0 saturated carbocycles. The van der Waals surface area contributed by atoms with Crippen molar-refractivity contribution in [3.63, 3.8) is 0 Å². The van der Waals surface area contributed by atoms with Crippen molar-refractivity contribution in [2.75, 3.05) is 27.2 Å². The van der Waals surface area contributed by atoms with Crippen molar-refractivity contribution < 1.29 is 19.8 Å². The normalized spacial score (nSPS) is 18.9. The van der Waals surface area contributed by atoms with Crippen LogP contribution in [-0.4, -0.2) is 58.9 Å². The van der Waals surface area contributed by atoms with E-state index < -0.39 is 17.7 Å². The summed E-state index contributed by atoms with van der Waals surface area (Å²) in [6, 6.07) is 12.0. The van der Waals surface area contributed by atoms with E-state index in [0.29, 0.717) is 29.2 Å². The number of hydrogen-bond acceptors (Lipinski definition) is 5. The number of aromatic hydroxyl groups is 1. The number of rotatable bonds is 5. The summed E-state index contributed by atoms with van der Waals surface area (Å²) in [6.45, 7) is 0.837. The number of carbonyl (C=O) groups excluding carboxylic acids is 2. The Morgan fingerprint density at radius 3 is 2.50 bits per heavy atom. The Labute approximate surface area is 168 Å². The van der Waals surface area contributed by atoms with Crippen LogP contribution in [0.1, 0.15) is 17.2 Å². The van der Waals surface area contributed by atoms with E-state index in [1.807, 2.05) is 19.0 Å². The number of phenolic OH excluding ortho intramolecular Hbond substituents is 1. The van der Waals surface area contributed by atoms with Crippen LogP contribution < -0.4 is 0 Å². The number of aliphatic hydroxyl groups is 1. The Morgan fingerprint density at radius 1 is 1.14 bits per heavy atom. The highest BCUT2D eigenvalue weighted by Gasteiger charge is 2.45. The predicted molar refractivity (Wildman–Crippen MR) is 107 cm³/mol. The molecule has 1 unspecified atom stereocenters. The minimum atomic E-state index is -0.800. The number of aliphatic hydroxyl groups excluding tert-OH is 1. The van der Waals surface area contributed by atoms with Gasteiger partial charge in [0.1, 0.15) is 11.5 Å². The van der Waals surface area contributed by atoms with E-state index in [1.54, 1.807) is 30.3 Å². The topological polar surface area (TPSA) is 81.1 Å². The van der Waals surface area contributed by atoms with E-state index in [4.69, 9.17) is 11.6 Å². The third-order valence-corrected chi connectivity index (χ3v) is 4.85. The van der Waals surface area contributed by atoms with Gasteiger partial charge in [0.05, 0.1) is 11.6 Å². The second kappa shape index (κ2) is 8.04. The van der Waals surface area contributed by atoms with Crippen LogP contribution in [0, 0.1) is 0 Å². The molecule has 1 saturated heterocycles. The Hall–Kier alpha value is -2.83. The lowest BCUT2D eigenvalue weighted by molar-refractivity contribution is -0.140. The first-order chi connectivity index (χ1) is 13.3. The Bertz CT molecular complexity index is 955. The molecular formula is C21H21ClN2O4. The van der Waals surface area contributed by atoms with Crippen molar-refractivity contribution in [3.05, 3.63) is 70.3 Å². The first kappa shape index (κ1) is 19.9. The molecule has 0 aliphatic carbocycles. The van der Waals surface area contributed by atoms with Crippen LogP contribution in [0.3, 0.4) is 0 Å². The van der Waals surface area contributed by atoms with Crippen molar-refractivity contribution in [2.24, 2.45) is 0 Å².